The number of amides is 1. The molecule has 1 saturated heterocycles. The first kappa shape index (κ1) is 17.6. The van der Waals surface area contributed by atoms with E-state index in [9.17, 15) is 4.79 Å². The van der Waals surface area contributed by atoms with Crippen molar-refractivity contribution in [2.75, 3.05) is 13.6 Å². The van der Waals surface area contributed by atoms with E-state index >= 15 is 0 Å². The van der Waals surface area contributed by atoms with Crippen LogP contribution in [0.4, 0.5) is 0 Å². The highest BCUT2D eigenvalue weighted by Gasteiger charge is 2.28. The maximum absolute atomic E-state index is 12.0. The smallest absolute Gasteiger partial charge is 0.222 e. The second-order valence-corrected chi connectivity index (χ2v) is 7.69. The van der Waals surface area contributed by atoms with Crippen LogP contribution in [0.1, 0.15) is 6.42 Å². The van der Waals surface area contributed by atoms with E-state index in [0.29, 0.717) is 6.42 Å². The average Bonchev–Trinajstić information content (AvgIpc) is 3.31. The van der Waals surface area contributed by atoms with Crippen LogP contribution in [0.3, 0.4) is 0 Å². The van der Waals surface area contributed by atoms with E-state index in [-0.39, 0.29) is 11.8 Å². The monoisotopic (exact) mass is 382 g/mol. The van der Waals surface area contributed by atoms with Gasteiger partial charge in [-0.05, 0) is 6.07 Å². The first-order chi connectivity index (χ1) is 14.2. The van der Waals surface area contributed by atoms with Gasteiger partial charge in [0.1, 0.15) is 0 Å². The van der Waals surface area contributed by atoms with Gasteiger partial charge in [0.05, 0.1) is 23.2 Å². The maximum atomic E-state index is 12.0. The quantitative estimate of drug-likeness (QED) is 0.530. The predicted molar refractivity (Wildman–Crippen MR) is 114 cm³/mol. The molecule has 0 radical (unpaired) electrons. The Morgan fingerprint density at radius 3 is 2.62 bits per heavy atom. The van der Waals surface area contributed by atoms with Crippen molar-refractivity contribution >= 4 is 16.8 Å². The van der Waals surface area contributed by atoms with Crippen LogP contribution in [-0.4, -0.2) is 38.9 Å². The summed E-state index contributed by atoms with van der Waals surface area (Å²) in [6, 6.07) is 20.6. The van der Waals surface area contributed by atoms with E-state index < -0.39 is 0 Å². The summed E-state index contributed by atoms with van der Waals surface area (Å²) in [6.07, 6.45) is 4.32. The van der Waals surface area contributed by atoms with Gasteiger partial charge in [0, 0.05) is 55.2 Å². The lowest BCUT2D eigenvalue weighted by Gasteiger charge is -2.16. The molecule has 2 aromatic heterocycles. The molecule has 0 unspecified atom stereocenters. The molecule has 2 aromatic carbocycles. The largest absolute Gasteiger partial charge is 0.345 e. The number of carbonyl (C=O) groups is 1. The summed E-state index contributed by atoms with van der Waals surface area (Å²) in [4.78, 5) is 23.3. The molecule has 1 fully saturated rings. The van der Waals surface area contributed by atoms with Crippen molar-refractivity contribution in [1.82, 2.24) is 19.4 Å². The molecule has 0 N–H and O–H groups in total. The summed E-state index contributed by atoms with van der Waals surface area (Å²) >= 11 is 0. The second-order valence-electron chi connectivity index (χ2n) is 7.69. The number of rotatable bonds is 4. The van der Waals surface area contributed by atoms with E-state index in [0.717, 1.165) is 46.5 Å². The number of likely N-dealkylation sites (tertiary alicyclic amines) is 1. The van der Waals surface area contributed by atoms with Crippen LogP contribution < -0.4 is 0 Å². The number of imidazole rings is 1. The Balaban J connectivity index is 1.67. The van der Waals surface area contributed by atoms with E-state index in [1.165, 1.54) is 0 Å². The first-order valence-corrected chi connectivity index (χ1v) is 9.89. The molecule has 144 valence electrons. The standard InChI is InChI=1S/C24H22N4O/c1-27-14-17(13-21(27)29)15-28-16-26-23(19-7-3-2-4-8-19)24(28)20-11-5-9-18-10-6-12-25-22(18)20/h2-12,16-17H,13-15H2,1H3/t17-/m1/s1. The Morgan fingerprint density at radius 2 is 1.83 bits per heavy atom. The highest BCUT2D eigenvalue weighted by molar-refractivity contribution is 5.96. The van der Waals surface area contributed by atoms with Crippen LogP contribution in [0.5, 0.6) is 0 Å². The van der Waals surface area contributed by atoms with Crippen LogP contribution in [0.25, 0.3) is 33.4 Å². The highest BCUT2D eigenvalue weighted by atomic mass is 16.2. The van der Waals surface area contributed by atoms with Gasteiger partial charge < -0.3 is 9.47 Å². The topological polar surface area (TPSA) is 51.0 Å². The summed E-state index contributed by atoms with van der Waals surface area (Å²) in [5.41, 5.74) is 5.11. The number of carbonyl (C=O) groups excluding carboxylic acids is 1. The van der Waals surface area contributed by atoms with Crippen molar-refractivity contribution in [2.24, 2.45) is 5.92 Å². The van der Waals surface area contributed by atoms with Gasteiger partial charge in [0.25, 0.3) is 0 Å². The van der Waals surface area contributed by atoms with Crippen LogP contribution >= 0.6 is 0 Å². The number of para-hydroxylation sites is 1. The number of hydrogen-bond donors (Lipinski definition) is 0. The zero-order chi connectivity index (χ0) is 19.8. The van der Waals surface area contributed by atoms with Gasteiger partial charge >= 0.3 is 0 Å². The predicted octanol–water partition coefficient (Wildman–Crippen LogP) is 4.24. The van der Waals surface area contributed by atoms with Crippen molar-refractivity contribution in [1.29, 1.82) is 0 Å². The van der Waals surface area contributed by atoms with Crippen molar-refractivity contribution in [2.45, 2.75) is 13.0 Å². The van der Waals surface area contributed by atoms with Crippen molar-refractivity contribution in [3.8, 4) is 22.5 Å². The van der Waals surface area contributed by atoms with Crippen molar-refractivity contribution < 1.29 is 4.79 Å². The number of hydrogen-bond acceptors (Lipinski definition) is 3. The zero-order valence-corrected chi connectivity index (χ0v) is 16.3. The van der Waals surface area contributed by atoms with Crippen LogP contribution in [-0.2, 0) is 11.3 Å². The van der Waals surface area contributed by atoms with Gasteiger partial charge in [-0.1, -0.05) is 54.6 Å². The minimum atomic E-state index is 0.215. The SMILES string of the molecule is CN1C[C@H](Cn2cnc(-c3ccccc3)c2-c2cccc3cccnc23)CC1=O. The molecule has 1 atom stereocenters. The number of benzene rings is 2. The molecule has 3 heterocycles. The Labute approximate surface area is 169 Å². The second kappa shape index (κ2) is 7.17. The normalized spacial score (nSPS) is 16.7. The van der Waals surface area contributed by atoms with E-state index in [1.807, 2.05) is 48.7 Å². The summed E-state index contributed by atoms with van der Waals surface area (Å²) < 4.78 is 2.20. The molecular weight excluding hydrogens is 360 g/mol. The number of aromatic nitrogens is 3. The Morgan fingerprint density at radius 1 is 1.00 bits per heavy atom. The molecule has 0 bridgehead atoms. The van der Waals surface area contributed by atoms with Crippen LogP contribution in [0.15, 0.2) is 73.2 Å². The van der Waals surface area contributed by atoms with Gasteiger partial charge in [0.15, 0.2) is 0 Å². The molecule has 0 saturated carbocycles. The van der Waals surface area contributed by atoms with Gasteiger partial charge in [0.2, 0.25) is 5.91 Å². The zero-order valence-electron chi connectivity index (χ0n) is 16.3. The Kier molecular flexibility index (Phi) is 4.35. The van der Waals surface area contributed by atoms with Crippen molar-refractivity contribution in [3.63, 3.8) is 0 Å². The number of fused-ring (bicyclic) bond motifs is 1. The first-order valence-electron chi connectivity index (χ1n) is 9.89. The lowest BCUT2D eigenvalue weighted by Crippen LogP contribution is -2.20. The highest BCUT2D eigenvalue weighted by Crippen LogP contribution is 2.35. The molecule has 5 nitrogen and oxygen atoms in total. The molecule has 4 aromatic rings. The van der Waals surface area contributed by atoms with E-state index in [4.69, 9.17) is 4.98 Å². The summed E-state index contributed by atoms with van der Waals surface area (Å²) in [6.45, 7) is 1.54. The fourth-order valence-electron chi connectivity index (χ4n) is 4.26. The number of nitrogens with zero attached hydrogens (tertiary/aromatic N) is 4. The maximum Gasteiger partial charge on any atom is 0.222 e. The third kappa shape index (κ3) is 3.18. The van der Waals surface area contributed by atoms with Gasteiger partial charge in [-0.15, -0.1) is 0 Å². The minimum Gasteiger partial charge on any atom is -0.345 e. The minimum absolute atomic E-state index is 0.215. The summed E-state index contributed by atoms with van der Waals surface area (Å²) in [5, 5.41) is 1.10. The van der Waals surface area contributed by atoms with E-state index in [2.05, 4.69) is 45.9 Å². The van der Waals surface area contributed by atoms with E-state index in [1.54, 1.807) is 0 Å². The Hall–Kier alpha value is -3.47. The lowest BCUT2D eigenvalue weighted by atomic mass is 10.0. The van der Waals surface area contributed by atoms with Crippen LogP contribution in [0.2, 0.25) is 0 Å². The number of pyridine rings is 1. The molecule has 1 aliphatic heterocycles. The fraction of sp³-hybridized carbons (Fsp3) is 0.208. The molecule has 5 rings (SSSR count). The van der Waals surface area contributed by atoms with Gasteiger partial charge in [-0.2, -0.15) is 0 Å². The molecule has 0 spiro atoms. The molecule has 29 heavy (non-hydrogen) atoms. The molecule has 5 heteroatoms. The Bertz CT molecular complexity index is 1180. The van der Waals surface area contributed by atoms with Gasteiger partial charge in [-0.3, -0.25) is 9.78 Å². The molecular formula is C24H22N4O. The molecule has 1 amide bonds. The average molecular weight is 382 g/mol. The summed E-state index contributed by atoms with van der Waals surface area (Å²) in [7, 11) is 1.88. The summed E-state index contributed by atoms with van der Waals surface area (Å²) in [5.74, 6) is 0.499. The fourth-order valence-corrected chi connectivity index (χ4v) is 4.26. The van der Waals surface area contributed by atoms with Crippen LogP contribution in [0, 0.1) is 5.92 Å². The molecule has 1 aliphatic rings. The molecule has 0 aliphatic carbocycles. The third-order valence-electron chi connectivity index (χ3n) is 5.65. The van der Waals surface area contributed by atoms with Gasteiger partial charge in [-0.25, -0.2) is 4.98 Å². The third-order valence-corrected chi connectivity index (χ3v) is 5.65. The van der Waals surface area contributed by atoms with Crippen molar-refractivity contribution in [3.05, 3.63) is 73.2 Å². The lowest BCUT2D eigenvalue weighted by molar-refractivity contribution is -0.126.